The Labute approximate surface area is 65.8 Å². The van der Waals surface area contributed by atoms with Crippen molar-refractivity contribution in [2.45, 2.75) is 40.5 Å². The van der Waals surface area contributed by atoms with Gasteiger partial charge in [0.1, 0.15) is 0 Å². The first-order chi connectivity index (χ1) is 4.81. The van der Waals surface area contributed by atoms with Crippen molar-refractivity contribution in [3.63, 3.8) is 0 Å². The van der Waals surface area contributed by atoms with Crippen molar-refractivity contribution >= 4 is 0 Å². The highest BCUT2D eigenvalue weighted by atomic mass is 16.5. The molecule has 1 nitrogen and oxygen atoms in total. The lowest BCUT2D eigenvalue weighted by atomic mass is 10.1. The summed E-state index contributed by atoms with van der Waals surface area (Å²) in [4.78, 5) is 0. The average molecular weight is 146 g/mol. The number of ether oxygens (including phenoxy) is 1. The summed E-state index contributed by atoms with van der Waals surface area (Å²) < 4.78 is 4.96. The second-order valence-electron chi connectivity index (χ2n) is 2.35. The lowest BCUT2D eigenvalue weighted by Gasteiger charge is -2.06. The van der Waals surface area contributed by atoms with Gasteiger partial charge in [0.15, 0.2) is 0 Å². The first-order valence-corrected chi connectivity index (χ1v) is 4.30. The molecule has 64 valence electrons. The molecule has 0 aliphatic rings. The van der Waals surface area contributed by atoms with Crippen LogP contribution in [0.3, 0.4) is 0 Å². The lowest BCUT2D eigenvalue weighted by Crippen LogP contribution is -2.01. The van der Waals surface area contributed by atoms with Crippen LogP contribution in [0.25, 0.3) is 0 Å². The van der Waals surface area contributed by atoms with Gasteiger partial charge in [-0.15, -0.1) is 0 Å². The highest BCUT2D eigenvalue weighted by Crippen LogP contribution is 2.03. The maximum absolute atomic E-state index is 4.96. The maximum Gasteiger partial charge on any atom is 0.0487 e. The molecule has 1 unspecified atom stereocenters. The monoisotopic (exact) mass is 146 g/mol. The van der Waals surface area contributed by atoms with Crippen LogP contribution in [0.5, 0.6) is 0 Å². The fourth-order valence-electron chi connectivity index (χ4n) is 0.861. The van der Waals surface area contributed by atoms with E-state index in [0.29, 0.717) is 0 Å². The van der Waals surface area contributed by atoms with Crippen LogP contribution in [0.1, 0.15) is 40.5 Å². The molecule has 0 heterocycles. The van der Waals surface area contributed by atoms with E-state index in [1.54, 1.807) is 7.11 Å². The topological polar surface area (TPSA) is 9.23 Å². The molecule has 0 aromatic heterocycles. The zero-order chi connectivity index (χ0) is 8.41. The minimum atomic E-state index is 0.741. The highest BCUT2D eigenvalue weighted by Gasteiger charge is 1.96. The predicted octanol–water partition coefficient (Wildman–Crippen LogP) is 3.10. The van der Waals surface area contributed by atoms with Crippen molar-refractivity contribution in [3.8, 4) is 0 Å². The van der Waals surface area contributed by atoms with Crippen molar-refractivity contribution in [3.05, 3.63) is 0 Å². The molecule has 10 heavy (non-hydrogen) atoms. The van der Waals surface area contributed by atoms with E-state index in [2.05, 4.69) is 13.8 Å². The number of hydrogen-bond acceptors (Lipinski definition) is 1. The molecule has 0 fully saturated rings. The summed E-state index contributed by atoms with van der Waals surface area (Å²) in [6.07, 6.45) is 2.55. The third-order valence-corrected chi connectivity index (χ3v) is 1.23. The molecule has 0 radical (unpaired) electrons. The van der Waals surface area contributed by atoms with Crippen LogP contribution in [-0.4, -0.2) is 13.7 Å². The summed E-state index contributed by atoms with van der Waals surface area (Å²) in [5.41, 5.74) is 0. The first-order valence-electron chi connectivity index (χ1n) is 4.30. The zero-order valence-corrected chi connectivity index (χ0v) is 8.11. The normalized spacial score (nSPS) is 11.7. The van der Waals surface area contributed by atoms with E-state index in [9.17, 15) is 0 Å². The quantitative estimate of drug-likeness (QED) is 0.592. The van der Waals surface area contributed by atoms with Gasteiger partial charge in [-0.05, 0) is 12.3 Å². The minimum Gasteiger partial charge on any atom is -0.384 e. The fourth-order valence-corrected chi connectivity index (χ4v) is 0.861. The summed E-state index contributed by atoms with van der Waals surface area (Å²) >= 11 is 0. The van der Waals surface area contributed by atoms with Crippen molar-refractivity contribution < 1.29 is 4.74 Å². The standard InChI is InChI=1S/C7H16O.C2H6/c1-4-5-7(2)6-8-3;1-2/h7H,4-6H2,1-3H3;1-2H3. The van der Waals surface area contributed by atoms with E-state index in [-0.39, 0.29) is 0 Å². The maximum atomic E-state index is 4.96. The summed E-state index contributed by atoms with van der Waals surface area (Å²) in [6, 6.07) is 0. The Hall–Kier alpha value is -0.0400. The smallest absolute Gasteiger partial charge is 0.0487 e. The first kappa shape index (κ1) is 12.6. The van der Waals surface area contributed by atoms with Gasteiger partial charge in [0.2, 0.25) is 0 Å². The molecular formula is C9H22O. The Morgan fingerprint density at radius 2 is 1.80 bits per heavy atom. The molecule has 0 aromatic carbocycles. The molecular weight excluding hydrogens is 124 g/mol. The van der Waals surface area contributed by atoms with Crippen molar-refractivity contribution in [2.24, 2.45) is 5.92 Å². The molecule has 0 aromatic rings. The minimum absolute atomic E-state index is 0.741. The summed E-state index contributed by atoms with van der Waals surface area (Å²) in [5, 5.41) is 0. The third-order valence-electron chi connectivity index (χ3n) is 1.23. The van der Waals surface area contributed by atoms with Gasteiger partial charge in [-0.2, -0.15) is 0 Å². The SMILES string of the molecule is CC.CCCC(C)COC. The van der Waals surface area contributed by atoms with Gasteiger partial charge >= 0.3 is 0 Å². The fraction of sp³-hybridized carbons (Fsp3) is 1.00. The second-order valence-corrected chi connectivity index (χ2v) is 2.35. The zero-order valence-electron chi connectivity index (χ0n) is 8.11. The van der Waals surface area contributed by atoms with Crippen LogP contribution >= 0.6 is 0 Å². The third kappa shape index (κ3) is 10.9. The molecule has 0 aliphatic heterocycles. The molecule has 0 saturated heterocycles. The van der Waals surface area contributed by atoms with E-state index in [1.807, 2.05) is 13.8 Å². The summed E-state index contributed by atoms with van der Waals surface area (Å²) in [7, 11) is 1.76. The highest BCUT2D eigenvalue weighted by molar-refractivity contribution is 4.47. The van der Waals surface area contributed by atoms with Gasteiger partial charge in [-0.25, -0.2) is 0 Å². The van der Waals surface area contributed by atoms with Gasteiger partial charge in [0, 0.05) is 13.7 Å². The molecule has 1 atom stereocenters. The Balaban J connectivity index is 0. The Kier molecular flexibility index (Phi) is 14.8. The summed E-state index contributed by atoms with van der Waals surface area (Å²) in [5.74, 6) is 0.741. The Bertz CT molecular complexity index is 38.0. The van der Waals surface area contributed by atoms with Crippen LogP contribution in [0.15, 0.2) is 0 Å². The van der Waals surface area contributed by atoms with E-state index >= 15 is 0 Å². The van der Waals surface area contributed by atoms with Gasteiger partial charge in [-0.3, -0.25) is 0 Å². The number of rotatable bonds is 4. The molecule has 0 aliphatic carbocycles. The largest absolute Gasteiger partial charge is 0.384 e. The van der Waals surface area contributed by atoms with E-state index in [4.69, 9.17) is 4.74 Å². The Morgan fingerprint density at radius 1 is 1.30 bits per heavy atom. The van der Waals surface area contributed by atoms with Crippen LogP contribution in [0.4, 0.5) is 0 Å². The van der Waals surface area contributed by atoms with E-state index in [1.165, 1.54) is 12.8 Å². The van der Waals surface area contributed by atoms with E-state index < -0.39 is 0 Å². The van der Waals surface area contributed by atoms with Crippen molar-refractivity contribution in [1.29, 1.82) is 0 Å². The summed E-state index contributed by atoms with van der Waals surface area (Å²) in [6.45, 7) is 9.33. The van der Waals surface area contributed by atoms with Crippen molar-refractivity contribution in [1.82, 2.24) is 0 Å². The van der Waals surface area contributed by atoms with E-state index in [0.717, 1.165) is 12.5 Å². The average Bonchev–Trinajstić information content (AvgIpc) is 1.93. The van der Waals surface area contributed by atoms with Crippen molar-refractivity contribution in [2.75, 3.05) is 13.7 Å². The predicted molar refractivity (Wildman–Crippen MR) is 47.3 cm³/mol. The molecule has 0 spiro atoms. The van der Waals surface area contributed by atoms with Crippen LogP contribution in [-0.2, 0) is 4.74 Å². The number of hydrogen-bond donors (Lipinski definition) is 0. The van der Waals surface area contributed by atoms with Crippen LogP contribution < -0.4 is 0 Å². The molecule has 1 heteroatoms. The molecule has 0 bridgehead atoms. The van der Waals surface area contributed by atoms with Gasteiger partial charge in [-0.1, -0.05) is 34.1 Å². The van der Waals surface area contributed by atoms with Gasteiger partial charge < -0.3 is 4.74 Å². The van der Waals surface area contributed by atoms with Crippen LogP contribution in [0, 0.1) is 5.92 Å². The lowest BCUT2D eigenvalue weighted by molar-refractivity contribution is 0.155. The van der Waals surface area contributed by atoms with Crippen LogP contribution in [0.2, 0.25) is 0 Å². The van der Waals surface area contributed by atoms with Gasteiger partial charge in [0.05, 0.1) is 0 Å². The second kappa shape index (κ2) is 11.7. The molecule has 0 rings (SSSR count). The Morgan fingerprint density at radius 3 is 2.10 bits per heavy atom. The molecule has 0 N–H and O–H groups in total. The number of methoxy groups -OCH3 is 1. The van der Waals surface area contributed by atoms with Gasteiger partial charge in [0.25, 0.3) is 0 Å². The molecule has 0 amide bonds. The molecule has 0 saturated carbocycles.